The average molecular weight is 479 g/mol. The molecule has 0 amide bonds. The van der Waals surface area contributed by atoms with Gasteiger partial charge in [-0.1, -0.05) is 24.3 Å². The van der Waals surface area contributed by atoms with Crippen LogP contribution in [0.2, 0.25) is 0 Å². The number of nitrogens with zero attached hydrogens (tertiary/aromatic N) is 1. The van der Waals surface area contributed by atoms with Crippen molar-refractivity contribution in [1.82, 2.24) is 4.98 Å². The number of carboxylic acids is 1. The average Bonchev–Trinajstić information content (AvgIpc) is 2.82. The molecule has 0 radical (unpaired) electrons. The van der Waals surface area contributed by atoms with Crippen LogP contribution in [-0.4, -0.2) is 56.9 Å². The number of aliphatic hydroxyl groups excluding tert-OH is 2. The molecule has 8 heteroatoms. The number of hydrogen-bond donors (Lipinski definition) is 4. The fourth-order valence-corrected chi connectivity index (χ4v) is 3.52. The number of aryl methyl sites for hydroxylation is 2. The summed E-state index contributed by atoms with van der Waals surface area (Å²) in [7, 11) is 0. The van der Waals surface area contributed by atoms with Gasteiger partial charge in [-0.2, -0.15) is 0 Å². The Morgan fingerprint density at radius 1 is 1.14 bits per heavy atom. The molecule has 0 unspecified atom stereocenters. The summed E-state index contributed by atoms with van der Waals surface area (Å²) >= 11 is 0. The Balaban J connectivity index is 1.90. The SMILES string of the molecule is Cc1cc(/C=C/C(=O)c2cc3ccccc3nc2NC[C@@H](O)CO)cc(C)c1OC(C)(C)C(=O)O. The number of para-hydroxylation sites is 1. The van der Waals surface area contributed by atoms with E-state index in [0.29, 0.717) is 22.6 Å². The standard InChI is InChI=1S/C27H30N2O6/c1-16-11-18(12-17(2)24(16)35-27(3,4)26(33)34)9-10-23(32)21-13-19-7-5-6-8-22(19)29-25(21)28-14-20(31)15-30/h5-13,20,30-31H,14-15H2,1-4H3,(H,28,29)(H,33,34)/b10-9+/t20-/m1/s1. The Bertz CT molecular complexity index is 1260. The van der Waals surface area contributed by atoms with Crippen LogP contribution in [0.15, 0.2) is 48.5 Å². The highest BCUT2D eigenvalue weighted by Crippen LogP contribution is 2.29. The van der Waals surface area contributed by atoms with Crippen LogP contribution in [0.5, 0.6) is 5.75 Å². The van der Waals surface area contributed by atoms with E-state index < -0.39 is 24.3 Å². The number of hydrogen-bond acceptors (Lipinski definition) is 7. The lowest BCUT2D eigenvalue weighted by Gasteiger charge is -2.24. The van der Waals surface area contributed by atoms with Gasteiger partial charge in [0.05, 0.1) is 23.8 Å². The third kappa shape index (κ3) is 6.23. The second-order valence-corrected chi connectivity index (χ2v) is 8.89. The Morgan fingerprint density at radius 3 is 2.43 bits per heavy atom. The maximum atomic E-state index is 13.1. The van der Waals surface area contributed by atoms with Crippen LogP contribution >= 0.6 is 0 Å². The van der Waals surface area contributed by atoms with Gasteiger partial charge in [-0.15, -0.1) is 0 Å². The lowest BCUT2D eigenvalue weighted by Crippen LogP contribution is -2.38. The Hall–Kier alpha value is -3.75. The van der Waals surface area contributed by atoms with E-state index in [1.807, 2.05) is 50.2 Å². The Morgan fingerprint density at radius 2 is 1.80 bits per heavy atom. The van der Waals surface area contributed by atoms with Gasteiger partial charge in [-0.25, -0.2) is 9.78 Å². The van der Waals surface area contributed by atoms with Gasteiger partial charge in [0.2, 0.25) is 0 Å². The summed E-state index contributed by atoms with van der Waals surface area (Å²) in [5.41, 5.74) is 1.91. The van der Waals surface area contributed by atoms with Gasteiger partial charge in [0, 0.05) is 11.9 Å². The number of ether oxygens (including phenoxy) is 1. The number of aliphatic hydroxyl groups is 2. The van der Waals surface area contributed by atoms with Gasteiger partial charge in [0.15, 0.2) is 11.4 Å². The van der Waals surface area contributed by atoms with E-state index >= 15 is 0 Å². The third-order valence-corrected chi connectivity index (χ3v) is 5.49. The zero-order chi connectivity index (χ0) is 25.8. The minimum Gasteiger partial charge on any atom is -0.478 e. The molecule has 184 valence electrons. The highest BCUT2D eigenvalue weighted by Gasteiger charge is 2.30. The first-order chi connectivity index (χ1) is 16.5. The molecule has 1 heterocycles. The summed E-state index contributed by atoms with van der Waals surface area (Å²) in [5, 5.41) is 31.9. The number of fused-ring (bicyclic) bond motifs is 1. The number of nitrogens with one attached hydrogen (secondary N) is 1. The number of ketones is 1. The predicted octanol–water partition coefficient (Wildman–Crippen LogP) is 3.75. The molecule has 1 atom stereocenters. The number of rotatable bonds is 10. The van der Waals surface area contributed by atoms with Crippen molar-refractivity contribution in [3.63, 3.8) is 0 Å². The minimum absolute atomic E-state index is 0.0401. The summed E-state index contributed by atoms with van der Waals surface area (Å²) in [6.45, 7) is 6.25. The fourth-order valence-electron chi connectivity index (χ4n) is 3.52. The number of carbonyl (C=O) groups excluding carboxylic acids is 1. The number of anilines is 1. The molecule has 0 saturated carbocycles. The van der Waals surface area contributed by atoms with E-state index in [-0.39, 0.29) is 12.3 Å². The number of aromatic nitrogens is 1. The van der Waals surface area contributed by atoms with Crippen molar-refractivity contribution in [2.45, 2.75) is 39.4 Å². The highest BCUT2D eigenvalue weighted by atomic mass is 16.5. The molecular weight excluding hydrogens is 448 g/mol. The second-order valence-electron chi connectivity index (χ2n) is 8.89. The van der Waals surface area contributed by atoms with E-state index in [0.717, 1.165) is 22.1 Å². The lowest BCUT2D eigenvalue weighted by atomic mass is 10.0. The van der Waals surface area contributed by atoms with Gasteiger partial charge in [-0.3, -0.25) is 4.79 Å². The molecule has 0 aliphatic carbocycles. The Kier molecular flexibility index (Phi) is 7.89. The molecule has 4 N–H and O–H groups in total. The predicted molar refractivity (Wildman–Crippen MR) is 135 cm³/mol. The molecule has 0 fully saturated rings. The number of pyridine rings is 1. The van der Waals surface area contributed by atoms with Crippen LogP contribution < -0.4 is 10.1 Å². The molecule has 35 heavy (non-hydrogen) atoms. The number of carbonyl (C=O) groups is 2. The number of benzene rings is 2. The highest BCUT2D eigenvalue weighted by molar-refractivity contribution is 6.11. The van der Waals surface area contributed by atoms with Gasteiger partial charge in [-0.05, 0) is 74.7 Å². The van der Waals surface area contributed by atoms with E-state index in [1.54, 1.807) is 12.1 Å². The van der Waals surface area contributed by atoms with Crippen molar-refractivity contribution in [2.75, 3.05) is 18.5 Å². The monoisotopic (exact) mass is 478 g/mol. The summed E-state index contributed by atoms with van der Waals surface area (Å²) < 4.78 is 5.74. The molecule has 0 spiro atoms. The molecule has 2 aromatic carbocycles. The number of allylic oxidation sites excluding steroid dienone is 1. The molecule has 0 aliphatic rings. The topological polar surface area (TPSA) is 129 Å². The van der Waals surface area contributed by atoms with E-state index in [4.69, 9.17) is 9.84 Å². The molecule has 3 aromatic rings. The first kappa shape index (κ1) is 25.9. The zero-order valence-corrected chi connectivity index (χ0v) is 20.2. The van der Waals surface area contributed by atoms with Crippen molar-refractivity contribution < 1.29 is 29.6 Å². The maximum absolute atomic E-state index is 13.1. The summed E-state index contributed by atoms with van der Waals surface area (Å²) in [6, 6.07) is 12.8. The van der Waals surface area contributed by atoms with Crippen molar-refractivity contribution in [3.05, 3.63) is 70.8 Å². The zero-order valence-electron chi connectivity index (χ0n) is 20.2. The molecule has 3 rings (SSSR count). The van der Waals surface area contributed by atoms with Gasteiger partial charge in [0.25, 0.3) is 0 Å². The van der Waals surface area contributed by atoms with Gasteiger partial charge in [0.1, 0.15) is 11.6 Å². The van der Waals surface area contributed by atoms with Crippen molar-refractivity contribution >= 4 is 34.5 Å². The largest absolute Gasteiger partial charge is 0.478 e. The van der Waals surface area contributed by atoms with Crippen LogP contribution in [-0.2, 0) is 4.79 Å². The fraction of sp³-hybridized carbons (Fsp3) is 0.296. The van der Waals surface area contributed by atoms with Crippen molar-refractivity contribution in [3.8, 4) is 5.75 Å². The molecule has 0 saturated heterocycles. The van der Waals surface area contributed by atoms with Crippen LogP contribution in [0.3, 0.4) is 0 Å². The van der Waals surface area contributed by atoms with Gasteiger partial charge < -0.3 is 25.4 Å². The van der Waals surface area contributed by atoms with Gasteiger partial charge >= 0.3 is 5.97 Å². The van der Waals surface area contributed by atoms with Crippen LogP contribution in [0.1, 0.15) is 40.9 Å². The van der Waals surface area contributed by atoms with E-state index in [2.05, 4.69) is 10.3 Å². The second kappa shape index (κ2) is 10.7. The molecule has 0 bridgehead atoms. The van der Waals surface area contributed by atoms with Crippen LogP contribution in [0.4, 0.5) is 5.82 Å². The van der Waals surface area contributed by atoms with Crippen LogP contribution in [0, 0.1) is 13.8 Å². The van der Waals surface area contributed by atoms with Crippen molar-refractivity contribution in [1.29, 1.82) is 0 Å². The normalized spacial score (nSPS) is 12.6. The lowest BCUT2D eigenvalue weighted by molar-refractivity contribution is -0.152. The first-order valence-corrected chi connectivity index (χ1v) is 11.2. The summed E-state index contributed by atoms with van der Waals surface area (Å²) in [5.74, 6) is -0.538. The first-order valence-electron chi connectivity index (χ1n) is 11.2. The molecule has 8 nitrogen and oxygen atoms in total. The van der Waals surface area contributed by atoms with E-state index in [9.17, 15) is 19.8 Å². The molecular formula is C27H30N2O6. The molecule has 0 aliphatic heterocycles. The number of carboxylic acid groups (broad SMARTS) is 1. The van der Waals surface area contributed by atoms with E-state index in [1.165, 1.54) is 19.9 Å². The third-order valence-electron chi connectivity index (χ3n) is 5.49. The Labute approximate surface area is 203 Å². The smallest absolute Gasteiger partial charge is 0.347 e. The number of aliphatic carboxylic acids is 1. The summed E-state index contributed by atoms with van der Waals surface area (Å²) in [6.07, 6.45) is 2.13. The maximum Gasteiger partial charge on any atom is 0.347 e. The van der Waals surface area contributed by atoms with Crippen molar-refractivity contribution in [2.24, 2.45) is 0 Å². The minimum atomic E-state index is -1.38. The summed E-state index contributed by atoms with van der Waals surface area (Å²) in [4.78, 5) is 29.1. The van der Waals surface area contributed by atoms with Crippen LogP contribution in [0.25, 0.3) is 17.0 Å². The quantitative estimate of drug-likeness (QED) is 0.256. The molecule has 1 aromatic heterocycles.